The number of rotatable bonds is 14. The molecular weight excluding hydrogens is 416 g/mol. The topological polar surface area (TPSA) is 204 Å². The summed E-state index contributed by atoms with van der Waals surface area (Å²) in [4.78, 5) is 73.6. The Balaban J connectivity index is 7.02. The van der Waals surface area contributed by atoms with Crippen molar-refractivity contribution >= 4 is 34.7 Å². The van der Waals surface area contributed by atoms with Gasteiger partial charge >= 0.3 is 0 Å². The maximum atomic E-state index is 12.8. The number of hydrogen-bond donors (Lipinski definition) is 5. The van der Waals surface area contributed by atoms with Gasteiger partial charge in [0.05, 0.1) is 0 Å². The fraction of sp³-hybridized carbons (Fsp3) is 0.700. The van der Waals surface area contributed by atoms with Gasteiger partial charge in [-0.25, -0.2) is 0 Å². The van der Waals surface area contributed by atoms with E-state index in [9.17, 15) is 54.3 Å². The molecule has 5 N–H and O–H groups in total. The molecule has 0 aliphatic heterocycles. The lowest BCUT2D eigenvalue weighted by Crippen LogP contribution is -2.82. The van der Waals surface area contributed by atoms with Gasteiger partial charge in [-0.3, -0.25) is 28.8 Å². The predicted octanol–water partition coefficient (Wildman–Crippen LogP) is -2.02. The maximum Gasteiger partial charge on any atom is 0.241 e. The standard InChI is InChI=1S/C20H30O11/c1-6-7-8-9-14(25)16(27)18(29,11(3)22)20(31,13(5)24)19(30,12(4)23)17(28)15(26)10(2)21/h15,17,26,28-31H,6-9H2,1-5H3/t15?,17-,18+,19-,20-/m1/s1. The Morgan fingerprint density at radius 1 is 0.774 bits per heavy atom. The molecule has 31 heavy (non-hydrogen) atoms. The van der Waals surface area contributed by atoms with Crippen LogP contribution < -0.4 is 0 Å². The third-order valence-corrected chi connectivity index (χ3v) is 5.36. The zero-order valence-corrected chi connectivity index (χ0v) is 18.2. The van der Waals surface area contributed by atoms with Crippen LogP contribution in [0.1, 0.15) is 60.3 Å². The van der Waals surface area contributed by atoms with Crippen molar-refractivity contribution in [2.45, 2.75) is 89.3 Å². The Kier molecular flexibility index (Phi) is 9.69. The van der Waals surface area contributed by atoms with Crippen molar-refractivity contribution in [1.29, 1.82) is 0 Å². The zero-order chi connectivity index (χ0) is 24.9. The lowest BCUT2D eigenvalue weighted by atomic mass is 9.60. The first kappa shape index (κ1) is 28.8. The molecular formula is C20H30O11. The highest BCUT2D eigenvalue weighted by Crippen LogP contribution is 2.40. The van der Waals surface area contributed by atoms with Crippen LogP contribution in [0.5, 0.6) is 0 Å². The molecule has 0 saturated heterocycles. The normalized spacial score (nSPS) is 19.2. The minimum atomic E-state index is -4.12. The van der Waals surface area contributed by atoms with E-state index in [2.05, 4.69) is 0 Å². The zero-order valence-electron chi connectivity index (χ0n) is 18.2. The molecule has 0 rings (SSSR count). The van der Waals surface area contributed by atoms with Crippen molar-refractivity contribution in [3.63, 3.8) is 0 Å². The third kappa shape index (κ3) is 4.70. The smallest absolute Gasteiger partial charge is 0.241 e. The van der Waals surface area contributed by atoms with Gasteiger partial charge in [0.25, 0.3) is 0 Å². The van der Waals surface area contributed by atoms with Gasteiger partial charge in [-0.1, -0.05) is 19.8 Å². The van der Waals surface area contributed by atoms with Gasteiger partial charge in [-0.15, -0.1) is 0 Å². The number of ketones is 6. The molecule has 0 spiro atoms. The Morgan fingerprint density at radius 3 is 1.58 bits per heavy atom. The molecule has 5 atom stereocenters. The van der Waals surface area contributed by atoms with Crippen molar-refractivity contribution in [3.05, 3.63) is 0 Å². The SMILES string of the molecule is CCCCCC(=O)C(=O)[C@@](O)(C(C)=O)[C@](O)(C(C)=O)[C@@](O)(C(C)=O)[C@H](O)C(O)C(C)=O. The van der Waals surface area contributed by atoms with Crippen molar-refractivity contribution < 1.29 is 54.3 Å². The first-order valence-electron chi connectivity index (χ1n) is 9.63. The molecule has 1 unspecified atom stereocenters. The van der Waals surface area contributed by atoms with E-state index < -0.39 is 70.1 Å². The first-order chi connectivity index (χ1) is 14.0. The summed E-state index contributed by atoms with van der Waals surface area (Å²) >= 11 is 0. The minimum Gasteiger partial charge on any atom is -0.386 e. The summed E-state index contributed by atoms with van der Waals surface area (Å²) < 4.78 is 0. The van der Waals surface area contributed by atoms with Crippen LogP contribution in [0.3, 0.4) is 0 Å². The lowest BCUT2D eigenvalue weighted by Gasteiger charge is -2.49. The van der Waals surface area contributed by atoms with Crippen molar-refractivity contribution in [2.24, 2.45) is 0 Å². The summed E-state index contributed by atoms with van der Waals surface area (Å²) in [6.45, 7) is 4.03. The van der Waals surface area contributed by atoms with E-state index in [1.807, 2.05) is 0 Å². The fourth-order valence-corrected chi connectivity index (χ4v) is 3.36. The summed E-state index contributed by atoms with van der Waals surface area (Å²) in [6.07, 6.45) is -4.69. The van der Waals surface area contributed by atoms with Crippen LogP contribution in [0.4, 0.5) is 0 Å². The van der Waals surface area contributed by atoms with Crippen LogP contribution in [-0.2, 0) is 28.8 Å². The molecule has 0 aromatic rings. The second kappa shape index (κ2) is 10.4. The third-order valence-electron chi connectivity index (χ3n) is 5.36. The number of aliphatic hydroxyl groups is 5. The molecule has 0 aromatic heterocycles. The van der Waals surface area contributed by atoms with Gasteiger partial charge in [-0.2, -0.15) is 0 Å². The monoisotopic (exact) mass is 446 g/mol. The highest BCUT2D eigenvalue weighted by molar-refractivity contribution is 6.46. The maximum absolute atomic E-state index is 12.8. The van der Waals surface area contributed by atoms with E-state index in [0.29, 0.717) is 33.6 Å². The van der Waals surface area contributed by atoms with Crippen molar-refractivity contribution in [2.75, 3.05) is 0 Å². The average Bonchev–Trinajstić information content (AvgIpc) is 2.69. The van der Waals surface area contributed by atoms with E-state index in [1.165, 1.54) is 0 Å². The number of aliphatic hydroxyl groups excluding tert-OH is 2. The summed E-state index contributed by atoms with van der Waals surface area (Å²) in [7, 11) is 0. The van der Waals surface area contributed by atoms with Crippen LogP contribution in [-0.4, -0.2) is 89.2 Å². The van der Waals surface area contributed by atoms with E-state index in [4.69, 9.17) is 0 Å². The quantitative estimate of drug-likeness (QED) is 0.112. The lowest BCUT2D eigenvalue weighted by molar-refractivity contribution is -0.250. The molecule has 0 amide bonds. The largest absolute Gasteiger partial charge is 0.386 e. The van der Waals surface area contributed by atoms with Crippen LogP contribution >= 0.6 is 0 Å². The number of carbonyl (C=O) groups is 6. The van der Waals surface area contributed by atoms with Gasteiger partial charge in [0.1, 0.15) is 12.2 Å². The molecule has 0 aliphatic rings. The molecule has 0 aliphatic carbocycles. The fourth-order valence-electron chi connectivity index (χ4n) is 3.36. The van der Waals surface area contributed by atoms with E-state index >= 15 is 0 Å². The number of unbranched alkanes of at least 4 members (excludes halogenated alkanes) is 2. The summed E-state index contributed by atoms with van der Waals surface area (Å²) in [6, 6.07) is 0. The Hall–Kier alpha value is -2.18. The van der Waals surface area contributed by atoms with E-state index in [1.54, 1.807) is 6.92 Å². The van der Waals surface area contributed by atoms with Crippen LogP contribution in [0.15, 0.2) is 0 Å². The Bertz CT molecular complexity index is 773. The molecule has 0 bridgehead atoms. The number of Topliss-reactive ketones (excluding diaryl/α,β-unsaturated/α-hetero) is 6. The summed E-state index contributed by atoms with van der Waals surface area (Å²) in [5.74, 6) is -9.71. The molecule has 0 fully saturated rings. The predicted molar refractivity (Wildman–Crippen MR) is 104 cm³/mol. The molecule has 176 valence electrons. The highest BCUT2D eigenvalue weighted by atomic mass is 16.4. The first-order valence-corrected chi connectivity index (χ1v) is 9.63. The van der Waals surface area contributed by atoms with Gasteiger partial charge in [-0.05, 0) is 34.1 Å². The molecule has 0 aromatic carbocycles. The molecule has 0 saturated carbocycles. The van der Waals surface area contributed by atoms with Gasteiger partial charge in [0, 0.05) is 6.42 Å². The highest BCUT2D eigenvalue weighted by Gasteiger charge is 2.75. The Morgan fingerprint density at radius 2 is 1.26 bits per heavy atom. The van der Waals surface area contributed by atoms with Crippen LogP contribution in [0.25, 0.3) is 0 Å². The second-order valence-corrected chi connectivity index (χ2v) is 7.57. The second-order valence-electron chi connectivity index (χ2n) is 7.57. The molecule has 0 radical (unpaired) electrons. The van der Waals surface area contributed by atoms with Crippen molar-refractivity contribution in [1.82, 2.24) is 0 Å². The van der Waals surface area contributed by atoms with E-state index in [-0.39, 0.29) is 6.42 Å². The summed E-state index contributed by atoms with van der Waals surface area (Å²) in [5.41, 5.74) is -12.0. The van der Waals surface area contributed by atoms with Gasteiger partial charge in [0.15, 0.2) is 28.7 Å². The minimum absolute atomic E-state index is 0.163. The Labute approximate surface area is 179 Å². The van der Waals surface area contributed by atoms with Gasteiger partial charge in [0.2, 0.25) is 22.8 Å². The molecule has 11 nitrogen and oxygen atoms in total. The molecule has 0 heterocycles. The number of carbonyl (C=O) groups excluding carboxylic acids is 6. The number of hydrogen-bond acceptors (Lipinski definition) is 11. The average molecular weight is 446 g/mol. The van der Waals surface area contributed by atoms with Crippen LogP contribution in [0, 0.1) is 0 Å². The van der Waals surface area contributed by atoms with Crippen molar-refractivity contribution in [3.8, 4) is 0 Å². The van der Waals surface area contributed by atoms with E-state index in [0.717, 1.165) is 6.92 Å². The molecule has 11 heteroatoms. The summed E-state index contributed by atoms with van der Waals surface area (Å²) in [5, 5.41) is 53.2. The van der Waals surface area contributed by atoms with Gasteiger partial charge < -0.3 is 25.5 Å². The van der Waals surface area contributed by atoms with Crippen LogP contribution in [0.2, 0.25) is 0 Å².